The smallest absolute Gasteiger partial charge is 0.331 e. The number of carbonyl (C=O) groups is 2. The van der Waals surface area contributed by atoms with Crippen LogP contribution in [0.3, 0.4) is 0 Å². The molecule has 1 fully saturated rings. The Bertz CT molecular complexity index is 667. The maximum absolute atomic E-state index is 12.1. The van der Waals surface area contributed by atoms with E-state index >= 15 is 0 Å². The fraction of sp³-hybridized carbons (Fsp3) is 0.538. The molecule has 1 aromatic rings. The lowest BCUT2D eigenvalue weighted by molar-refractivity contribution is -0.145. The minimum absolute atomic E-state index is 0.148. The van der Waals surface area contributed by atoms with Crippen LogP contribution in [0.2, 0.25) is 0 Å². The molecule has 1 N–H and O–H groups in total. The topological polar surface area (TPSA) is 102 Å². The SMILES string of the molecule is Cn1c(=O)ccn(CC(=O)N2CCC(C(=O)O)CC2)c1=O. The van der Waals surface area contributed by atoms with Crippen molar-refractivity contribution in [3.05, 3.63) is 33.1 Å². The Kier molecular flexibility index (Phi) is 4.25. The van der Waals surface area contributed by atoms with Crippen molar-refractivity contribution in [2.45, 2.75) is 19.4 Å². The molecule has 0 unspecified atom stereocenters. The van der Waals surface area contributed by atoms with Crippen LogP contribution < -0.4 is 11.2 Å². The summed E-state index contributed by atoms with van der Waals surface area (Å²) >= 11 is 0. The molecule has 0 bridgehead atoms. The molecule has 0 atom stereocenters. The van der Waals surface area contributed by atoms with Crippen molar-refractivity contribution in [3.63, 3.8) is 0 Å². The molecule has 1 aliphatic heterocycles. The third-order valence-corrected chi connectivity index (χ3v) is 3.76. The molecule has 8 nitrogen and oxygen atoms in total. The van der Waals surface area contributed by atoms with Gasteiger partial charge in [-0.3, -0.25) is 23.5 Å². The second-order valence-corrected chi connectivity index (χ2v) is 5.12. The second kappa shape index (κ2) is 5.94. The first-order valence-corrected chi connectivity index (χ1v) is 6.67. The predicted octanol–water partition coefficient (Wildman–Crippen LogP) is -1.13. The minimum Gasteiger partial charge on any atom is -0.481 e. The molecular formula is C13H17N3O5. The van der Waals surface area contributed by atoms with Gasteiger partial charge in [0.1, 0.15) is 6.54 Å². The lowest BCUT2D eigenvalue weighted by Crippen LogP contribution is -2.44. The van der Waals surface area contributed by atoms with E-state index in [1.54, 1.807) is 4.90 Å². The quantitative estimate of drug-likeness (QED) is 0.760. The van der Waals surface area contributed by atoms with Crippen LogP contribution in [0.15, 0.2) is 21.9 Å². The maximum Gasteiger partial charge on any atom is 0.331 e. The highest BCUT2D eigenvalue weighted by atomic mass is 16.4. The van der Waals surface area contributed by atoms with Gasteiger partial charge in [-0.05, 0) is 12.8 Å². The molecule has 0 radical (unpaired) electrons. The first kappa shape index (κ1) is 15.0. The summed E-state index contributed by atoms with van der Waals surface area (Å²) in [7, 11) is 1.35. The summed E-state index contributed by atoms with van der Waals surface area (Å²) in [5.74, 6) is -1.50. The Morgan fingerprint density at radius 2 is 1.90 bits per heavy atom. The van der Waals surface area contributed by atoms with Gasteiger partial charge >= 0.3 is 11.7 Å². The highest BCUT2D eigenvalue weighted by Gasteiger charge is 2.27. The van der Waals surface area contributed by atoms with E-state index in [1.807, 2.05) is 0 Å². The van der Waals surface area contributed by atoms with Crippen LogP contribution in [-0.2, 0) is 23.2 Å². The molecule has 2 rings (SSSR count). The molecule has 0 aromatic carbocycles. The Hall–Kier alpha value is -2.38. The van der Waals surface area contributed by atoms with E-state index in [-0.39, 0.29) is 12.5 Å². The first-order valence-electron chi connectivity index (χ1n) is 6.67. The van der Waals surface area contributed by atoms with Crippen molar-refractivity contribution in [1.29, 1.82) is 0 Å². The predicted molar refractivity (Wildman–Crippen MR) is 72.9 cm³/mol. The Morgan fingerprint density at radius 3 is 2.48 bits per heavy atom. The lowest BCUT2D eigenvalue weighted by Gasteiger charge is -2.30. The van der Waals surface area contributed by atoms with Crippen molar-refractivity contribution in [3.8, 4) is 0 Å². The van der Waals surface area contributed by atoms with E-state index in [0.717, 1.165) is 4.57 Å². The molecule has 1 aromatic heterocycles. The number of piperidine rings is 1. The summed E-state index contributed by atoms with van der Waals surface area (Å²) in [6, 6.07) is 1.23. The summed E-state index contributed by atoms with van der Waals surface area (Å²) in [6.45, 7) is 0.595. The van der Waals surface area contributed by atoms with Crippen LogP contribution in [0.4, 0.5) is 0 Å². The summed E-state index contributed by atoms with van der Waals surface area (Å²) in [5, 5.41) is 8.91. The van der Waals surface area contributed by atoms with E-state index in [4.69, 9.17) is 5.11 Å². The van der Waals surface area contributed by atoms with Crippen LogP contribution >= 0.6 is 0 Å². The van der Waals surface area contributed by atoms with Gasteiger partial charge in [0.2, 0.25) is 5.91 Å². The van der Waals surface area contributed by atoms with Crippen molar-refractivity contribution in [1.82, 2.24) is 14.0 Å². The monoisotopic (exact) mass is 295 g/mol. The third-order valence-electron chi connectivity index (χ3n) is 3.76. The molecule has 0 saturated carbocycles. The number of nitrogens with zero attached hydrogens (tertiary/aromatic N) is 3. The maximum atomic E-state index is 12.1. The van der Waals surface area contributed by atoms with Crippen LogP contribution in [0.1, 0.15) is 12.8 Å². The summed E-state index contributed by atoms with van der Waals surface area (Å²) in [5.41, 5.74) is -0.970. The largest absolute Gasteiger partial charge is 0.481 e. The summed E-state index contributed by atoms with van der Waals surface area (Å²) in [4.78, 5) is 47.6. The second-order valence-electron chi connectivity index (χ2n) is 5.12. The summed E-state index contributed by atoms with van der Waals surface area (Å²) in [6.07, 6.45) is 2.14. The number of carboxylic acid groups (broad SMARTS) is 1. The zero-order valence-electron chi connectivity index (χ0n) is 11.7. The molecule has 2 heterocycles. The average Bonchev–Trinajstić information content (AvgIpc) is 2.48. The molecule has 21 heavy (non-hydrogen) atoms. The van der Waals surface area contributed by atoms with Gasteiger partial charge < -0.3 is 10.0 Å². The van der Waals surface area contributed by atoms with Gasteiger partial charge in [0.25, 0.3) is 5.56 Å². The molecule has 0 spiro atoms. The first-order chi connectivity index (χ1) is 9.90. The van der Waals surface area contributed by atoms with E-state index in [1.165, 1.54) is 23.9 Å². The molecule has 1 amide bonds. The van der Waals surface area contributed by atoms with Crippen LogP contribution in [0, 0.1) is 5.92 Å². The standard InChI is InChI=1S/C13H17N3O5/c1-14-10(17)4-7-16(13(14)21)8-11(18)15-5-2-9(3-6-15)12(19)20/h4,7,9H,2-3,5-6,8H2,1H3,(H,19,20). The van der Waals surface area contributed by atoms with Crippen LogP contribution in [0.25, 0.3) is 0 Å². The van der Waals surface area contributed by atoms with Crippen molar-refractivity contribution >= 4 is 11.9 Å². The fourth-order valence-electron chi connectivity index (χ4n) is 2.36. The van der Waals surface area contributed by atoms with Gasteiger partial charge in [0.15, 0.2) is 0 Å². The number of carboxylic acids is 1. The number of hydrogen-bond acceptors (Lipinski definition) is 4. The zero-order chi connectivity index (χ0) is 15.6. The highest BCUT2D eigenvalue weighted by molar-refractivity contribution is 5.76. The van der Waals surface area contributed by atoms with Gasteiger partial charge in [-0.2, -0.15) is 0 Å². The van der Waals surface area contributed by atoms with Gasteiger partial charge in [0, 0.05) is 32.4 Å². The summed E-state index contributed by atoms with van der Waals surface area (Å²) < 4.78 is 2.11. The number of aromatic nitrogens is 2. The van der Waals surface area contributed by atoms with E-state index in [9.17, 15) is 19.2 Å². The minimum atomic E-state index is -0.837. The number of rotatable bonds is 3. The molecular weight excluding hydrogens is 278 g/mol. The van der Waals surface area contributed by atoms with Gasteiger partial charge in [-0.1, -0.05) is 0 Å². The molecule has 1 saturated heterocycles. The Morgan fingerprint density at radius 1 is 1.29 bits per heavy atom. The van der Waals surface area contributed by atoms with Crippen molar-refractivity contribution < 1.29 is 14.7 Å². The fourth-order valence-corrected chi connectivity index (χ4v) is 2.36. The lowest BCUT2D eigenvalue weighted by atomic mass is 9.97. The van der Waals surface area contributed by atoms with Gasteiger partial charge in [0.05, 0.1) is 5.92 Å². The van der Waals surface area contributed by atoms with Gasteiger partial charge in [-0.15, -0.1) is 0 Å². The number of aliphatic carboxylic acids is 1. The number of carbonyl (C=O) groups excluding carboxylic acids is 1. The van der Waals surface area contributed by atoms with Crippen LogP contribution in [0.5, 0.6) is 0 Å². The number of hydrogen-bond donors (Lipinski definition) is 1. The molecule has 114 valence electrons. The van der Waals surface area contributed by atoms with E-state index in [2.05, 4.69) is 0 Å². The van der Waals surface area contributed by atoms with Crippen LogP contribution in [-0.4, -0.2) is 44.1 Å². The van der Waals surface area contributed by atoms with Gasteiger partial charge in [-0.25, -0.2) is 4.79 Å². The molecule has 8 heteroatoms. The highest BCUT2D eigenvalue weighted by Crippen LogP contribution is 2.17. The van der Waals surface area contributed by atoms with Crippen molar-refractivity contribution in [2.75, 3.05) is 13.1 Å². The number of amides is 1. The van der Waals surface area contributed by atoms with E-state index in [0.29, 0.717) is 25.9 Å². The molecule has 0 aliphatic carbocycles. The molecule has 1 aliphatic rings. The third kappa shape index (κ3) is 3.21. The Balaban J connectivity index is 2.03. The Labute approximate surface area is 120 Å². The van der Waals surface area contributed by atoms with E-state index < -0.39 is 23.1 Å². The zero-order valence-corrected chi connectivity index (χ0v) is 11.7. The normalized spacial score (nSPS) is 16.0. The van der Waals surface area contributed by atoms with Crippen molar-refractivity contribution in [2.24, 2.45) is 13.0 Å². The average molecular weight is 295 g/mol. The number of likely N-dealkylation sites (tertiary alicyclic amines) is 1.